The monoisotopic (exact) mass is 249 g/mol. The van der Waals surface area contributed by atoms with Crippen LogP contribution >= 0.6 is 0 Å². The van der Waals surface area contributed by atoms with Crippen molar-refractivity contribution in [2.45, 2.75) is 13.3 Å². The average Bonchev–Trinajstić information content (AvgIpc) is 2.82. The summed E-state index contributed by atoms with van der Waals surface area (Å²) in [6.45, 7) is 1.91. The van der Waals surface area contributed by atoms with Crippen molar-refractivity contribution < 1.29 is 18.7 Å². The zero-order valence-corrected chi connectivity index (χ0v) is 9.74. The van der Waals surface area contributed by atoms with Gasteiger partial charge in [0.05, 0.1) is 0 Å². The quantitative estimate of drug-likeness (QED) is 0.822. The second kappa shape index (κ2) is 4.91. The molecule has 1 aromatic carbocycles. The van der Waals surface area contributed by atoms with Crippen molar-refractivity contribution in [2.75, 3.05) is 5.32 Å². The highest BCUT2D eigenvalue weighted by Gasteiger charge is 2.11. The van der Waals surface area contributed by atoms with Crippen LogP contribution in [-0.4, -0.2) is 11.0 Å². The minimum Gasteiger partial charge on any atom is -0.505 e. The molecule has 5 heteroatoms. The molecule has 0 saturated heterocycles. The number of aromatic hydroxyl groups is 1. The summed E-state index contributed by atoms with van der Waals surface area (Å²) in [7, 11) is 0. The minimum atomic E-state index is -0.790. The predicted octanol–water partition coefficient (Wildman–Crippen LogP) is 2.94. The van der Waals surface area contributed by atoms with Crippen LogP contribution in [0.3, 0.4) is 0 Å². The van der Waals surface area contributed by atoms with Gasteiger partial charge in [-0.15, -0.1) is 0 Å². The zero-order chi connectivity index (χ0) is 13.1. The highest BCUT2D eigenvalue weighted by molar-refractivity contribution is 6.02. The number of hydrogen-bond donors (Lipinski definition) is 2. The highest BCUT2D eigenvalue weighted by Crippen LogP contribution is 2.20. The van der Waals surface area contributed by atoms with E-state index in [0.717, 1.165) is 6.07 Å². The van der Waals surface area contributed by atoms with Gasteiger partial charge in [-0.3, -0.25) is 4.79 Å². The first-order chi connectivity index (χ1) is 8.60. The fourth-order valence-corrected chi connectivity index (χ4v) is 1.47. The van der Waals surface area contributed by atoms with Crippen LogP contribution in [-0.2, 0) is 6.42 Å². The first-order valence-corrected chi connectivity index (χ1v) is 5.48. The van der Waals surface area contributed by atoms with Gasteiger partial charge >= 0.3 is 0 Å². The van der Waals surface area contributed by atoms with Gasteiger partial charge in [-0.05, 0) is 24.3 Å². The molecule has 2 aromatic rings. The van der Waals surface area contributed by atoms with Gasteiger partial charge in [0.25, 0.3) is 5.91 Å². The molecular weight excluding hydrogens is 237 g/mol. The van der Waals surface area contributed by atoms with Crippen molar-refractivity contribution in [3.05, 3.63) is 47.7 Å². The second-order valence-electron chi connectivity index (χ2n) is 3.74. The van der Waals surface area contributed by atoms with Crippen LogP contribution in [0.2, 0.25) is 0 Å². The standard InChI is InChI=1S/C13H12FNO3/c1-2-9-4-6-12(18-9)13(17)15-8-3-5-11(16)10(14)7-8/h3-7,16H,2H2,1H3,(H,15,17). The lowest BCUT2D eigenvalue weighted by Crippen LogP contribution is -2.10. The Hall–Kier alpha value is -2.30. The summed E-state index contributed by atoms with van der Waals surface area (Å²) in [5.41, 5.74) is 0.254. The van der Waals surface area contributed by atoms with Crippen LogP contribution in [0.4, 0.5) is 10.1 Å². The summed E-state index contributed by atoms with van der Waals surface area (Å²) >= 11 is 0. The number of phenolic OH excluding ortho intramolecular Hbond substituents is 1. The van der Waals surface area contributed by atoms with Gasteiger partial charge in [-0.1, -0.05) is 6.92 Å². The van der Waals surface area contributed by atoms with Crippen molar-refractivity contribution in [2.24, 2.45) is 0 Å². The van der Waals surface area contributed by atoms with E-state index in [-0.39, 0.29) is 11.4 Å². The first-order valence-electron chi connectivity index (χ1n) is 5.48. The number of nitrogens with one attached hydrogen (secondary N) is 1. The number of aryl methyl sites for hydroxylation is 1. The van der Waals surface area contributed by atoms with E-state index in [2.05, 4.69) is 5.32 Å². The van der Waals surface area contributed by atoms with E-state index in [1.54, 1.807) is 12.1 Å². The molecule has 94 valence electrons. The number of phenols is 1. The van der Waals surface area contributed by atoms with E-state index in [0.29, 0.717) is 12.2 Å². The fourth-order valence-electron chi connectivity index (χ4n) is 1.47. The van der Waals surface area contributed by atoms with Crippen LogP contribution in [0, 0.1) is 5.82 Å². The molecular formula is C13H12FNO3. The van der Waals surface area contributed by atoms with Gasteiger partial charge in [0.1, 0.15) is 5.76 Å². The summed E-state index contributed by atoms with van der Waals surface area (Å²) < 4.78 is 18.3. The molecule has 0 aliphatic rings. The molecule has 0 saturated carbocycles. The summed E-state index contributed by atoms with van der Waals surface area (Å²) in [6.07, 6.45) is 0.696. The average molecular weight is 249 g/mol. The number of rotatable bonds is 3. The predicted molar refractivity (Wildman–Crippen MR) is 64.1 cm³/mol. The maximum atomic E-state index is 13.1. The van der Waals surface area contributed by atoms with Crippen molar-refractivity contribution in [1.29, 1.82) is 0 Å². The largest absolute Gasteiger partial charge is 0.505 e. The number of carbonyl (C=O) groups excluding carboxylic acids is 1. The molecule has 4 nitrogen and oxygen atoms in total. The molecule has 0 radical (unpaired) electrons. The van der Waals surface area contributed by atoms with Gasteiger partial charge in [-0.25, -0.2) is 4.39 Å². The molecule has 1 amide bonds. The van der Waals surface area contributed by atoms with Crippen LogP contribution in [0.1, 0.15) is 23.2 Å². The Morgan fingerprint density at radius 2 is 2.17 bits per heavy atom. The SMILES string of the molecule is CCc1ccc(C(=O)Nc2ccc(O)c(F)c2)o1. The summed E-state index contributed by atoms with van der Waals surface area (Å²) in [5, 5.41) is 11.5. The Kier molecular flexibility index (Phi) is 3.32. The maximum Gasteiger partial charge on any atom is 0.291 e. The highest BCUT2D eigenvalue weighted by atomic mass is 19.1. The molecule has 0 aliphatic carbocycles. The van der Waals surface area contributed by atoms with Gasteiger partial charge < -0.3 is 14.8 Å². The molecule has 0 unspecified atom stereocenters. The third-order valence-corrected chi connectivity index (χ3v) is 2.44. The van der Waals surface area contributed by atoms with Crippen LogP contribution in [0.5, 0.6) is 5.75 Å². The van der Waals surface area contributed by atoms with Gasteiger partial charge in [0.15, 0.2) is 17.3 Å². The lowest BCUT2D eigenvalue weighted by atomic mass is 10.3. The topological polar surface area (TPSA) is 62.5 Å². The molecule has 0 atom stereocenters. The van der Waals surface area contributed by atoms with Crippen LogP contribution in [0.15, 0.2) is 34.7 Å². The van der Waals surface area contributed by atoms with Gasteiger partial charge in [0.2, 0.25) is 0 Å². The Morgan fingerprint density at radius 1 is 1.39 bits per heavy atom. The van der Waals surface area contributed by atoms with E-state index in [4.69, 9.17) is 9.52 Å². The van der Waals surface area contributed by atoms with Gasteiger partial charge in [-0.2, -0.15) is 0 Å². The third-order valence-electron chi connectivity index (χ3n) is 2.44. The van der Waals surface area contributed by atoms with Crippen molar-refractivity contribution >= 4 is 11.6 Å². The molecule has 1 aromatic heterocycles. The zero-order valence-electron chi connectivity index (χ0n) is 9.74. The Labute approximate surface area is 103 Å². The Bertz CT molecular complexity index is 577. The first kappa shape index (κ1) is 12.2. The number of amides is 1. The number of hydrogen-bond acceptors (Lipinski definition) is 3. The van der Waals surface area contributed by atoms with Crippen molar-refractivity contribution in [3.63, 3.8) is 0 Å². The summed E-state index contributed by atoms with van der Waals surface area (Å²) in [4.78, 5) is 11.7. The van der Waals surface area contributed by atoms with Crippen molar-refractivity contribution in [3.8, 4) is 5.75 Å². The van der Waals surface area contributed by atoms with Crippen LogP contribution in [0.25, 0.3) is 0 Å². The van der Waals surface area contributed by atoms with Gasteiger partial charge in [0, 0.05) is 18.2 Å². The Morgan fingerprint density at radius 3 is 2.78 bits per heavy atom. The number of benzene rings is 1. The van der Waals surface area contributed by atoms with E-state index in [9.17, 15) is 9.18 Å². The maximum absolute atomic E-state index is 13.1. The van der Waals surface area contributed by atoms with Crippen molar-refractivity contribution in [1.82, 2.24) is 0 Å². The lowest BCUT2D eigenvalue weighted by Gasteiger charge is -2.03. The molecule has 0 aliphatic heterocycles. The fraction of sp³-hybridized carbons (Fsp3) is 0.154. The molecule has 1 heterocycles. The Balaban J connectivity index is 2.13. The van der Waals surface area contributed by atoms with E-state index < -0.39 is 17.5 Å². The number of carbonyl (C=O) groups is 1. The van der Waals surface area contributed by atoms with Crippen LogP contribution < -0.4 is 5.32 Å². The molecule has 2 N–H and O–H groups in total. The molecule has 0 bridgehead atoms. The molecule has 18 heavy (non-hydrogen) atoms. The van der Waals surface area contributed by atoms with E-state index in [1.165, 1.54) is 12.1 Å². The second-order valence-corrected chi connectivity index (χ2v) is 3.74. The minimum absolute atomic E-state index is 0.167. The van der Waals surface area contributed by atoms with E-state index >= 15 is 0 Å². The lowest BCUT2D eigenvalue weighted by molar-refractivity contribution is 0.0995. The summed E-state index contributed by atoms with van der Waals surface area (Å²) in [6, 6.07) is 6.89. The normalized spacial score (nSPS) is 10.3. The smallest absolute Gasteiger partial charge is 0.291 e. The molecule has 0 fully saturated rings. The number of furan rings is 1. The summed E-state index contributed by atoms with van der Waals surface area (Å²) in [5.74, 6) is -0.835. The number of anilines is 1. The third kappa shape index (κ3) is 2.51. The number of halogens is 1. The molecule has 0 spiro atoms. The molecule has 2 rings (SSSR count). The van der Waals surface area contributed by atoms with E-state index in [1.807, 2.05) is 6.92 Å².